The molecule has 2 N–H and O–H groups in total. The van der Waals surface area contributed by atoms with Gasteiger partial charge in [0, 0.05) is 13.2 Å². The van der Waals surface area contributed by atoms with Crippen LogP contribution in [-0.4, -0.2) is 36.4 Å². The highest BCUT2D eigenvalue weighted by atomic mass is 16.7. The van der Waals surface area contributed by atoms with Crippen molar-refractivity contribution in [2.24, 2.45) is 0 Å². The van der Waals surface area contributed by atoms with E-state index in [1.54, 1.807) is 0 Å². The average molecular weight is 213 g/mol. The van der Waals surface area contributed by atoms with E-state index in [9.17, 15) is 9.59 Å². The molecular formula is C8H11N3O4. The van der Waals surface area contributed by atoms with Gasteiger partial charge < -0.3 is 4.74 Å². The molecule has 0 radical (unpaired) electrons. The second kappa shape index (κ2) is 5.89. The van der Waals surface area contributed by atoms with Gasteiger partial charge in [-0.25, -0.2) is 10.6 Å². The third kappa shape index (κ3) is 3.88. The first-order valence-electron chi connectivity index (χ1n) is 4.21. The van der Waals surface area contributed by atoms with Gasteiger partial charge in [-0.15, -0.1) is 0 Å². The minimum atomic E-state index is -0.526. The highest BCUT2D eigenvalue weighted by molar-refractivity contribution is 5.91. The summed E-state index contributed by atoms with van der Waals surface area (Å²) < 4.78 is 4.71. The molecule has 7 nitrogen and oxygen atoms in total. The fourth-order valence-electron chi connectivity index (χ4n) is 0.765. The number of H-pyrrole nitrogens is 1. The number of carbonyl (C=O) groups excluding carboxylic acids is 1. The van der Waals surface area contributed by atoms with E-state index in [-0.39, 0.29) is 17.9 Å². The van der Waals surface area contributed by atoms with E-state index in [1.165, 1.54) is 19.2 Å². The van der Waals surface area contributed by atoms with Crippen molar-refractivity contribution in [3.05, 3.63) is 28.2 Å². The van der Waals surface area contributed by atoms with E-state index in [0.717, 1.165) is 0 Å². The summed E-state index contributed by atoms with van der Waals surface area (Å²) in [7, 11) is 1.52. The maximum Gasteiger partial charge on any atom is 0.295 e. The normalized spacial score (nSPS) is 9.93. The number of nitrogens with zero attached hydrogens (tertiary/aromatic N) is 1. The molecule has 0 saturated carbocycles. The number of nitrogens with one attached hydrogen (secondary N) is 2. The molecular weight excluding hydrogens is 202 g/mol. The molecule has 0 spiro atoms. The van der Waals surface area contributed by atoms with Crippen LogP contribution in [0.25, 0.3) is 0 Å². The van der Waals surface area contributed by atoms with Gasteiger partial charge >= 0.3 is 0 Å². The van der Waals surface area contributed by atoms with Crippen LogP contribution in [0.2, 0.25) is 0 Å². The maximum absolute atomic E-state index is 11.3. The second-order valence-corrected chi connectivity index (χ2v) is 2.58. The minimum absolute atomic E-state index is 0.0759. The average Bonchev–Trinajstić information content (AvgIpc) is 2.25. The Morgan fingerprint density at radius 3 is 2.93 bits per heavy atom. The Balaban J connectivity index is 2.40. The van der Waals surface area contributed by atoms with Crippen molar-refractivity contribution < 1.29 is 14.4 Å². The molecule has 0 aliphatic heterocycles. The number of methoxy groups -OCH3 is 1. The second-order valence-electron chi connectivity index (χ2n) is 2.58. The van der Waals surface area contributed by atoms with Crippen LogP contribution >= 0.6 is 0 Å². The molecule has 0 bridgehead atoms. The van der Waals surface area contributed by atoms with E-state index >= 15 is 0 Å². The van der Waals surface area contributed by atoms with Gasteiger partial charge in [-0.05, 0) is 6.07 Å². The lowest BCUT2D eigenvalue weighted by Crippen LogP contribution is -2.27. The Labute approximate surface area is 85.4 Å². The van der Waals surface area contributed by atoms with Crippen molar-refractivity contribution in [2.45, 2.75) is 0 Å². The van der Waals surface area contributed by atoms with Gasteiger partial charge in [0.15, 0.2) is 5.69 Å². The lowest BCUT2D eigenvalue weighted by molar-refractivity contribution is 0.00851. The zero-order valence-corrected chi connectivity index (χ0v) is 8.15. The molecule has 82 valence electrons. The number of amides is 1. The summed E-state index contributed by atoms with van der Waals surface area (Å²) in [6.07, 6.45) is 0. The number of hydrogen-bond donors (Lipinski definition) is 2. The first-order chi connectivity index (χ1) is 7.24. The summed E-state index contributed by atoms with van der Waals surface area (Å²) in [5.74, 6) is -0.526. The molecule has 0 saturated heterocycles. The first kappa shape index (κ1) is 11.3. The van der Waals surface area contributed by atoms with Crippen molar-refractivity contribution in [1.29, 1.82) is 0 Å². The Morgan fingerprint density at radius 1 is 1.53 bits per heavy atom. The Bertz CT molecular complexity index is 356. The molecule has 1 aromatic rings. The van der Waals surface area contributed by atoms with Crippen molar-refractivity contribution in [1.82, 2.24) is 15.7 Å². The van der Waals surface area contributed by atoms with E-state index in [0.29, 0.717) is 6.61 Å². The minimum Gasteiger partial charge on any atom is -0.382 e. The number of aromatic nitrogens is 2. The molecule has 0 unspecified atom stereocenters. The van der Waals surface area contributed by atoms with Crippen molar-refractivity contribution in [3.63, 3.8) is 0 Å². The van der Waals surface area contributed by atoms with Crippen molar-refractivity contribution >= 4 is 5.91 Å². The van der Waals surface area contributed by atoms with Gasteiger partial charge in [0.2, 0.25) is 0 Å². The Kier molecular flexibility index (Phi) is 4.45. The van der Waals surface area contributed by atoms with E-state index < -0.39 is 5.91 Å². The van der Waals surface area contributed by atoms with Gasteiger partial charge in [0.05, 0.1) is 13.2 Å². The van der Waals surface area contributed by atoms with E-state index in [1.807, 2.05) is 0 Å². The van der Waals surface area contributed by atoms with Crippen LogP contribution in [0.1, 0.15) is 10.5 Å². The number of hydroxylamine groups is 1. The summed E-state index contributed by atoms with van der Waals surface area (Å²) in [4.78, 5) is 26.7. The first-order valence-corrected chi connectivity index (χ1v) is 4.21. The third-order valence-electron chi connectivity index (χ3n) is 1.47. The van der Waals surface area contributed by atoms with Crippen LogP contribution in [0.4, 0.5) is 0 Å². The quantitative estimate of drug-likeness (QED) is 0.487. The highest BCUT2D eigenvalue weighted by Gasteiger charge is 2.06. The number of carbonyl (C=O) groups is 1. The molecule has 15 heavy (non-hydrogen) atoms. The largest absolute Gasteiger partial charge is 0.382 e. The highest BCUT2D eigenvalue weighted by Crippen LogP contribution is 1.87. The number of aromatic amines is 1. The Hall–Kier alpha value is -1.73. The number of ether oxygens (including phenoxy) is 1. The van der Waals surface area contributed by atoms with Crippen LogP contribution in [0.3, 0.4) is 0 Å². The fourth-order valence-corrected chi connectivity index (χ4v) is 0.765. The molecule has 0 aliphatic rings. The molecule has 0 aliphatic carbocycles. The predicted molar refractivity (Wildman–Crippen MR) is 50.2 cm³/mol. The monoisotopic (exact) mass is 213 g/mol. The lowest BCUT2D eigenvalue weighted by atomic mass is 10.4. The van der Waals surface area contributed by atoms with Crippen LogP contribution in [0.15, 0.2) is 16.9 Å². The van der Waals surface area contributed by atoms with Crippen molar-refractivity contribution in [2.75, 3.05) is 20.3 Å². The fraction of sp³-hybridized carbons (Fsp3) is 0.375. The predicted octanol–water partition coefficient (Wildman–Crippen LogP) is -0.922. The molecule has 7 heteroatoms. The van der Waals surface area contributed by atoms with Crippen LogP contribution in [0, 0.1) is 0 Å². The smallest absolute Gasteiger partial charge is 0.295 e. The SMILES string of the molecule is COCCONC(=O)c1ccc(=O)[nH]n1. The molecule has 1 rings (SSSR count). The molecule has 1 heterocycles. The van der Waals surface area contributed by atoms with Gasteiger partial charge in [0.25, 0.3) is 11.5 Å². The molecule has 1 amide bonds. The molecule has 0 aromatic carbocycles. The molecule has 1 aromatic heterocycles. The van der Waals surface area contributed by atoms with Crippen LogP contribution < -0.4 is 11.0 Å². The van der Waals surface area contributed by atoms with Gasteiger partial charge in [-0.1, -0.05) is 0 Å². The van der Waals surface area contributed by atoms with Crippen LogP contribution in [0.5, 0.6) is 0 Å². The number of hydrogen-bond acceptors (Lipinski definition) is 5. The zero-order valence-electron chi connectivity index (χ0n) is 8.15. The summed E-state index contributed by atoms with van der Waals surface area (Å²) >= 11 is 0. The zero-order chi connectivity index (χ0) is 11.1. The van der Waals surface area contributed by atoms with E-state index in [4.69, 9.17) is 9.57 Å². The maximum atomic E-state index is 11.3. The number of rotatable bonds is 5. The molecule has 0 fully saturated rings. The standard InChI is InChI=1S/C8H11N3O4/c1-14-4-5-15-11-8(13)6-2-3-7(12)10-9-6/h2-3H,4-5H2,1H3,(H,10,12)(H,11,13). The third-order valence-corrected chi connectivity index (χ3v) is 1.47. The summed E-state index contributed by atoms with van der Waals surface area (Å²) in [6, 6.07) is 2.50. The Morgan fingerprint density at radius 2 is 2.33 bits per heavy atom. The van der Waals surface area contributed by atoms with Gasteiger partial charge in [-0.2, -0.15) is 5.10 Å². The van der Waals surface area contributed by atoms with E-state index in [2.05, 4.69) is 15.7 Å². The van der Waals surface area contributed by atoms with Crippen molar-refractivity contribution in [3.8, 4) is 0 Å². The summed E-state index contributed by atoms with van der Waals surface area (Å²) in [5.41, 5.74) is 1.86. The van der Waals surface area contributed by atoms with Gasteiger partial charge in [-0.3, -0.25) is 14.4 Å². The van der Waals surface area contributed by atoms with Crippen LogP contribution in [-0.2, 0) is 9.57 Å². The molecule has 0 atom stereocenters. The summed E-state index contributed by atoms with van der Waals surface area (Å²) in [6.45, 7) is 0.616. The topological polar surface area (TPSA) is 93.3 Å². The van der Waals surface area contributed by atoms with Gasteiger partial charge in [0.1, 0.15) is 0 Å². The lowest BCUT2D eigenvalue weighted by Gasteiger charge is -2.03. The summed E-state index contributed by atoms with van der Waals surface area (Å²) in [5, 5.41) is 5.65.